The molecule has 39 heavy (non-hydrogen) atoms. The van der Waals surface area contributed by atoms with Crippen LogP contribution in [0.5, 0.6) is 0 Å². The SMILES string of the molecule is CC[C@@]12C=CCCOC(=O)[C@@H]1[C@H]1C(=O)N(CCCCCCO)C3C(=O)N(C(C)(C)CC(C)(C)C)CC=C[C@@]31O2. The maximum Gasteiger partial charge on any atom is 0.313 e. The molecule has 2 amide bonds. The Morgan fingerprint density at radius 1 is 0.974 bits per heavy atom. The molecular formula is C31H48N2O6. The Kier molecular flexibility index (Phi) is 8.40. The largest absolute Gasteiger partial charge is 0.465 e. The number of nitrogens with zero attached hydrogens (tertiary/aromatic N) is 2. The summed E-state index contributed by atoms with van der Waals surface area (Å²) in [5, 5.41) is 9.17. The van der Waals surface area contributed by atoms with Crippen molar-refractivity contribution in [1.29, 1.82) is 0 Å². The second kappa shape index (κ2) is 11.0. The fourth-order valence-electron chi connectivity index (χ4n) is 7.65. The molecule has 0 aromatic heterocycles. The van der Waals surface area contributed by atoms with E-state index in [1.54, 1.807) is 4.90 Å². The molecule has 4 heterocycles. The van der Waals surface area contributed by atoms with Gasteiger partial charge in [-0.15, -0.1) is 0 Å². The highest BCUT2D eigenvalue weighted by Gasteiger charge is 2.75. The van der Waals surface area contributed by atoms with E-state index in [9.17, 15) is 19.5 Å². The number of fused-ring (bicyclic) bond motifs is 2. The van der Waals surface area contributed by atoms with E-state index in [-0.39, 0.29) is 30.4 Å². The van der Waals surface area contributed by atoms with Gasteiger partial charge in [-0.25, -0.2) is 0 Å². The molecule has 0 bridgehead atoms. The number of amides is 2. The van der Waals surface area contributed by atoms with Crippen LogP contribution in [0.1, 0.15) is 86.5 Å². The fourth-order valence-corrected chi connectivity index (χ4v) is 7.65. The summed E-state index contributed by atoms with van der Waals surface area (Å²) >= 11 is 0. The van der Waals surface area contributed by atoms with Gasteiger partial charge in [-0.2, -0.15) is 0 Å². The number of rotatable bonds is 9. The Morgan fingerprint density at radius 2 is 1.69 bits per heavy atom. The Hall–Kier alpha value is -2.19. The predicted molar refractivity (Wildman–Crippen MR) is 149 cm³/mol. The molecule has 218 valence electrons. The molecule has 1 N–H and O–H groups in total. The Balaban J connectivity index is 1.79. The van der Waals surface area contributed by atoms with Crippen molar-refractivity contribution >= 4 is 17.8 Å². The number of aliphatic hydroxyl groups is 1. The summed E-state index contributed by atoms with van der Waals surface area (Å²) < 4.78 is 12.6. The molecule has 4 aliphatic rings. The van der Waals surface area contributed by atoms with E-state index < -0.39 is 40.6 Å². The molecule has 2 fully saturated rings. The van der Waals surface area contributed by atoms with Gasteiger partial charge in [0, 0.05) is 25.2 Å². The zero-order valence-corrected chi connectivity index (χ0v) is 24.7. The normalized spacial score (nSPS) is 32.9. The number of carbonyl (C=O) groups is 3. The molecule has 1 spiro atoms. The van der Waals surface area contributed by atoms with Crippen molar-refractivity contribution in [3.8, 4) is 0 Å². The smallest absolute Gasteiger partial charge is 0.313 e. The first-order chi connectivity index (χ1) is 18.3. The van der Waals surface area contributed by atoms with Crippen LogP contribution in [0.25, 0.3) is 0 Å². The average molecular weight is 545 g/mol. The summed E-state index contributed by atoms with van der Waals surface area (Å²) in [5.74, 6) is -2.41. The number of unbranched alkanes of at least 4 members (excludes halogenated alkanes) is 3. The van der Waals surface area contributed by atoms with E-state index in [4.69, 9.17) is 9.47 Å². The lowest BCUT2D eigenvalue weighted by atomic mass is 9.73. The molecule has 8 nitrogen and oxygen atoms in total. The topological polar surface area (TPSA) is 96.4 Å². The van der Waals surface area contributed by atoms with Gasteiger partial charge in [-0.3, -0.25) is 14.4 Å². The summed E-state index contributed by atoms with van der Waals surface area (Å²) in [6.45, 7) is 13.9. The van der Waals surface area contributed by atoms with Crippen LogP contribution < -0.4 is 0 Å². The molecule has 0 aromatic carbocycles. The molecule has 4 rings (SSSR count). The number of likely N-dealkylation sites (tertiary alicyclic amines) is 1. The van der Waals surface area contributed by atoms with Crippen molar-refractivity contribution in [3.63, 3.8) is 0 Å². The highest BCUT2D eigenvalue weighted by Crippen LogP contribution is 2.58. The lowest BCUT2D eigenvalue weighted by molar-refractivity contribution is -0.163. The zero-order chi connectivity index (χ0) is 28.6. The maximum atomic E-state index is 14.6. The van der Waals surface area contributed by atoms with Crippen molar-refractivity contribution in [3.05, 3.63) is 24.3 Å². The Morgan fingerprint density at radius 3 is 2.36 bits per heavy atom. The van der Waals surface area contributed by atoms with Gasteiger partial charge in [0.25, 0.3) is 0 Å². The van der Waals surface area contributed by atoms with E-state index in [1.165, 1.54) is 0 Å². The fraction of sp³-hybridized carbons (Fsp3) is 0.774. The van der Waals surface area contributed by atoms with Crippen LogP contribution in [0.15, 0.2) is 24.3 Å². The van der Waals surface area contributed by atoms with E-state index in [2.05, 4.69) is 34.6 Å². The van der Waals surface area contributed by atoms with Crippen LogP contribution in [0.2, 0.25) is 0 Å². The van der Waals surface area contributed by atoms with E-state index >= 15 is 0 Å². The number of carbonyl (C=O) groups excluding carboxylic acids is 3. The van der Waals surface area contributed by atoms with Gasteiger partial charge in [0.1, 0.15) is 23.2 Å². The summed E-state index contributed by atoms with van der Waals surface area (Å²) in [5.41, 5.74) is -2.72. The zero-order valence-electron chi connectivity index (χ0n) is 24.7. The number of hydrogen-bond donors (Lipinski definition) is 1. The van der Waals surface area contributed by atoms with E-state index in [0.29, 0.717) is 38.8 Å². The minimum Gasteiger partial charge on any atom is -0.465 e. The van der Waals surface area contributed by atoms with Gasteiger partial charge in [-0.1, -0.05) is 64.8 Å². The van der Waals surface area contributed by atoms with Gasteiger partial charge >= 0.3 is 5.97 Å². The molecule has 0 aromatic rings. The highest BCUT2D eigenvalue weighted by atomic mass is 16.6. The first-order valence-corrected chi connectivity index (χ1v) is 14.8. The number of aliphatic hydroxyl groups excluding tert-OH is 1. The molecule has 0 aliphatic carbocycles. The summed E-state index contributed by atoms with van der Waals surface area (Å²) in [4.78, 5) is 46.1. The number of hydrogen-bond acceptors (Lipinski definition) is 6. The first-order valence-electron chi connectivity index (χ1n) is 14.8. The van der Waals surface area contributed by atoms with E-state index in [0.717, 1.165) is 19.3 Å². The number of ether oxygens (including phenoxy) is 2. The quantitative estimate of drug-likeness (QED) is 0.268. The maximum absolute atomic E-state index is 14.6. The minimum atomic E-state index is -1.25. The van der Waals surface area contributed by atoms with Crippen LogP contribution >= 0.6 is 0 Å². The Bertz CT molecular complexity index is 1010. The Labute approximate surface area is 233 Å². The van der Waals surface area contributed by atoms with Crippen LogP contribution in [-0.4, -0.2) is 81.8 Å². The predicted octanol–water partition coefficient (Wildman–Crippen LogP) is 4.02. The number of esters is 1. The summed E-state index contributed by atoms with van der Waals surface area (Å²) in [6, 6.07) is -0.858. The molecular weight excluding hydrogens is 496 g/mol. The van der Waals surface area contributed by atoms with Gasteiger partial charge in [-0.05, 0) is 51.4 Å². The molecule has 8 heteroatoms. The molecule has 5 atom stereocenters. The second-order valence-corrected chi connectivity index (χ2v) is 13.6. The van der Waals surface area contributed by atoms with Crippen molar-refractivity contribution in [2.45, 2.75) is 109 Å². The summed E-state index contributed by atoms with van der Waals surface area (Å²) in [6.07, 6.45) is 12.8. The first kappa shape index (κ1) is 29.8. The number of cyclic esters (lactones) is 1. The lowest BCUT2D eigenvalue weighted by Gasteiger charge is -2.45. The average Bonchev–Trinajstić information content (AvgIpc) is 3.17. The molecule has 0 saturated carbocycles. The minimum absolute atomic E-state index is 0.00592. The van der Waals surface area contributed by atoms with Crippen molar-refractivity contribution < 1.29 is 29.0 Å². The van der Waals surface area contributed by atoms with Crippen LogP contribution in [0.4, 0.5) is 0 Å². The van der Waals surface area contributed by atoms with Crippen LogP contribution in [0, 0.1) is 17.3 Å². The monoisotopic (exact) mass is 544 g/mol. The third-order valence-electron chi connectivity index (χ3n) is 8.90. The van der Waals surface area contributed by atoms with Crippen molar-refractivity contribution in [2.24, 2.45) is 17.3 Å². The van der Waals surface area contributed by atoms with Gasteiger partial charge in [0.2, 0.25) is 11.8 Å². The molecule has 0 radical (unpaired) electrons. The molecule has 1 unspecified atom stereocenters. The molecule has 2 saturated heterocycles. The molecule has 4 aliphatic heterocycles. The standard InChI is InChI=1S/C31H48N2O6/c1-7-30-15-10-13-20-38-27(37)23(30)22-25(35)32(17-11-8-9-12-19-34)24-26(36)33(18-14-16-31(22,24)39-30)29(5,6)21-28(2,3)4/h10,14-16,22-24,34H,7-9,11-13,17-21H2,1-6H3/t22-,23-,24?,30+,31-/m0/s1. The van der Waals surface area contributed by atoms with E-state index in [1.807, 2.05) is 36.1 Å². The van der Waals surface area contributed by atoms with Gasteiger partial charge < -0.3 is 24.4 Å². The van der Waals surface area contributed by atoms with Gasteiger partial charge in [0.15, 0.2) is 0 Å². The second-order valence-electron chi connectivity index (χ2n) is 13.6. The lowest BCUT2D eigenvalue weighted by Crippen LogP contribution is -2.60. The van der Waals surface area contributed by atoms with Crippen LogP contribution in [0.3, 0.4) is 0 Å². The third-order valence-corrected chi connectivity index (χ3v) is 8.90. The third kappa shape index (κ3) is 5.31. The van der Waals surface area contributed by atoms with Crippen molar-refractivity contribution in [2.75, 3.05) is 26.3 Å². The van der Waals surface area contributed by atoms with Gasteiger partial charge in [0.05, 0.1) is 12.5 Å². The highest BCUT2D eigenvalue weighted by molar-refractivity contribution is 5.99. The summed E-state index contributed by atoms with van der Waals surface area (Å²) in [7, 11) is 0. The van der Waals surface area contributed by atoms with Crippen molar-refractivity contribution in [1.82, 2.24) is 9.80 Å². The van der Waals surface area contributed by atoms with Crippen LogP contribution in [-0.2, 0) is 23.9 Å².